The number of nitrogens with zero attached hydrogens (tertiary/aromatic N) is 1. The van der Waals surface area contributed by atoms with Crippen LogP contribution in [-0.2, 0) is 16.4 Å². The summed E-state index contributed by atoms with van der Waals surface area (Å²) in [5.41, 5.74) is 1.85. The molecule has 0 unspecified atom stereocenters. The fourth-order valence-corrected chi connectivity index (χ4v) is 2.87. The Morgan fingerprint density at radius 1 is 1.33 bits per heavy atom. The quantitative estimate of drug-likeness (QED) is 0.884. The van der Waals surface area contributed by atoms with Crippen molar-refractivity contribution in [2.24, 2.45) is 11.1 Å². The van der Waals surface area contributed by atoms with Crippen molar-refractivity contribution in [2.75, 3.05) is 19.0 Å². The summed E-state index contributed by atoms with van der Waals surface area (Å²) in [5, 5.41) is 5.26. The first-order valence-corrected chi connectivity index (χ1v) is 7.75. The van der Waals surface area contributed by atoms with Crippen molar-refractivity contribution in [2.45, 2.75) is 30.6 Å². The van der Waals surface area contributed by atoms with Gasteiger partial charge in [-0.25, -0.2) is 13.6 Å². The number of rotatable bonds is 5. The van der Waals surface area contributed by atoms with Gasteiger partial charge in [-0.15, -0.1) is 0 Å². The largest absolute Gasteiger partial charge is 0.378 e. The summed E-state index contributed by atoms with van der Waals surface area (Å²) in [7, 11) is 0.260. The first-order chi connectivity index (χ1) is 8.38. The van der Waals surface area contributed by atoms with Gasteiger partial charge in [0.1, 0.15) is 0 Å². The van der Waals surface area contributed by atoms with E-state index in [4.69, 9.17) is 5.14 Å². The zero-order valence-electron chi connectivity index (χ0n) is 10.9. The predicted molar refractivity (Wildman–Crippen MR) is 73.2 cm³/mol. The molecule has 0 saturated heterocycles. The summed E-state index contributed by atoms with van der Waals surface area (Å²) >= 11 is 0. The molecule has 5 heteroatoms. The fraction of sp³-hybridized carbons (Fsp3) is 0.538. The second kappa shape index (κ2) is 4.90. The number of hydrogen-bond donors (Lipinski definition) is 1. The molecule has 1 aromatic carbocycles. The summed E-state index contributed by atoms with van der Waals surface area (Å²) in [6.07, 6.45) is 4.40. The first kappa shape index (κ1) is 13.4. The number of nitrogens with two attached hydrogens (primary N) is 1. The van der Waals surface area contributed by atoms with Gasteiger partial charge >= 0.3 is 0 Å². The average Bonchev–Trinajstić information content (AvgIpc) is 3.08. The van der Waals surface area contributed by atoms with Crippen LogP contribution in [0.3, 0.4) is 0 Å². The Balaban J connectivity index is 2.32. The van der Waals surface area contributed by atoms with Crippen LogP contribution < -0.4 is 10.0 Å². The number of hydrogen-bond acceptors (Lipinski definition) is 3. The maximum Gasteiger partial charge on any atom is 0.238 e. The molecule has 100 valence electrons. The van der Waals surface area contributed by atoms with E-state index >= 15 is 0 Å². The Morgan fingerprint density at radius 2 is 2.00 bits per heavy atom. The lowest BCUT2D eigenvalue weighted by Gasteiger charge is -2.16. The highest BCUT2D eigenvalue weighted by molar-refractivity contribution is 7.89. The minimum absolute atomic E-state index is 0.272. The maximum atomic E-state index is 11.6. The van der Waals surface area contributed by atoms with E-state index in [9.17, 15) is 8.42 Å². The Labute approximate surface area is 109 Å². The van der Waals surface area contributed by atoms with Crippen LogP contribution >= 0.6 is 0 Å². The van der Waals surface area contributed by atoms with E-state index in [-0.39, 0.29) is 4.90 Å². The standard InChI is InChI=1S/C13H20N2O2S/c1-15(2)12-7-8-13(18(14,16)17)11(9-12)6-5-10-3-4-10/h7-10H,3-6H2,1-2H3,(H2,14,16,17). The predicted octanol–water partition coefficient (Wildman–Crippen LogP) is 1.74. The van der Waals surface area contributed by atoms with Gasteiger partial charge in [0.15, 0.2) is 0 Å². The molecule has 4 nitrogen and oxygen atoms in total. The molecule has 0 radical (unpaired) electrons. The molecule has 0 amide bonds. The van der Waals surface area contributed by atoms with Crippen LogP contribution in [0.1, 0.15) is 24.8 Å². The van der Waals surface area contributed by atoms with Crippen molar-refractivity contribution in [3.05, 3.63) is 23.8 Å². The van der Waals surface area contributed by atoms with Crippen LogP contribution in [-0.4, -0.2) is 22.5 Å². The molecule has 2 rings (SSSR count). The van der Waals surface area contributed by atoms with Gasteiger partial charge in [0.2, 0.25) is 10.0 Å². The summed E-state index contributed by atoms with van der Waals surface area (Å²) in [6, 6.07) is 5.34. The highest BCUT2D eigenvalue weighted by atomic mass is 32.2. The Kier molecular flexibility index (Phi) is 3.64. The fourth-order valence-electron chi connectivity index (χ4n) is 2.08. The smallest absolute Gasteiger partial charge is 0.238 e. The number of aryl methyl sites for hydroxylation is 1. The van der Waals surface area contributed by atoms with E-state index in [0.717, 1.165) is 30.0 Å². The molecule has 2 N–H and O–H groups in total. The number of primary sulfonamides is 1. The van der Waals surface area contributed by atoms with Crippen LogP contribution in [0.2, 0.25) is 0 Å². The molecule has 1 saturated carbocycles. The number of anilines is 1. The second-order valence-corrected chi connectivity index (χ2v) is 6.74. The third-order valence-corrected chi connectivity index (χ3v) is 4.40. The molecule has 1 aliphatic rings. The second-order valence-electron chi connectivity index (χ2n) is 5.21. The van der Waals surface area contributed by atoms with E-state index in [1.54, 1.807) is 12.1 Å². The van der Waals surface area contributed by atoms with Gasteiger partial charge in [-0.1, -0.05) is 12.8 Å². The van der Waals surface area contributed by atoms with Gasteiger partial charge in [0, 0.05) is 19.8 Å². The lowest BCUT2D eigenvalue weighted by molar-refractivity contribution is 0.595. The summed E-state index contributed by atoms with van der Waals surface area (Å²) in [4.78, 5) is 2.24. The first-order valence-electron chi connectivity index (χ1n) is 6.21. The number of benzene rings is 1. The van der Waals surface area contributed by atoms with E-state index in [2.05, 4.69) is 0 Å². The van der Waals surface area contributed by atoms with Crippen LogP contribution in [0.25, 0.3) is 0 Å². The molecule has 0 heterocycles. The molecular formula is C13H20N2O2S. The summed E-state index contributed by atoms with van der Waals surface area (Å²) in [6.45, 7) is 0. The minimum Gasteiger partial charge on any atom is -0.378 e. The Bertz CT molecular complexity index is 534. The van der Waals surface area contributed by atoms with Crippen molar-refractivity contribution < 1.29 is 8.42 Å². The van der Waals surface area contributed by atoms with Crippen LogP contribution in [0.15, 0.2) is 23.1 Å². The summed E-state index contributed by atoms with van der Waals surface area (Å²) in [5.74, 6) is 0.779. The highest BCUT2D eigenvalue weighted by Gasteiger charge is 2.22. The Hall–Kier alpha value is -1.07. The van der Waals surface area contributed by atoms with Gasteiger partial charge < -0.3 is 4.90 Å². The van der Waals surface area contributed by atoms with Gasteiger partial charge in [-0.2, -0.15) is 0 Å². The molecule has 0 aromatic heterocycles. The average molecular weight is 268 g/mol. The van der Waals surface area contributed by atoms with Gasteiger partial charge in [-0.05, 0) is 42.5 Å². The zero-order chi connectivity index (χ0) is 13.3. The highest BCUT2D eigenvalue weighted by Crippen LogP contribution is 2.34. The molecule has 0 bridgehead atoms. The van der Waals surface area contributed by atoms with Crippen LogP contribution in [0.5, 0.6) is 0 Å². The van der Waals surface area contributed by atoms with Crippen LogP contribution in [0, 0.1) is 5.92 Å². The third kappa shape index (κ3) is 3.23. The monoisotopic (exact) mass is 268 g/mol. The van der Waals surface area contributed by atoms with Crippen molar-refractivity contribution in [3.63, 3.8) is 0 Å². The third-order valence-electron chi connectivity index (χ3n) is 3.39. The van der Waals surface area contributed by atoms with Crippen molar-refractivity contribution in [3.8, 4) is 0 Å². The summed E-state index contributed by atoms with van der Waals surface area (Å²) < 4.78 is 23.1. The lowest BCUT2D eigenvalue weighted by Crippen LogP contribution is -2.16. The van der Waals surface area contributed by atoms with E-state index in [1.807, 2.05) is 25.1 Å². The zero-order valence-corrected chi connectivity index (χ0v) is 11.7. The SMILES string of the molecule is CN(C)c1ccc(S(N)(=O)=O)c(CCC2CC2)c1. The van der Waals surface area contributed by atoms with Crippen LogP contribution in [0.4, 0.5) is 5.69 Å². The molecule has 18 heavy (non-hydrogen) atoms. The maximum absolute atomic E-state index is 11.6. The Morgan fingerprint density at radius 3 is 2.50 bits per heavy atom. The molecule has 0 spiro atoms. The van der Waals surface area contributed by atoms with Crippen molar-refractivity contribution in [1.82, 2.24) is 0 Å². The van der Waals surface area contributed by atoms with Crippen molar-refractivity contribution >= 4 is 15.7 Å². The molecular weight excluding hydrogens is 248 g/mol. The molecule has 0 aliphatic heterocycles. The molecule has 0 atom stereocenters. The molecule has 1 aliphatic carbocycles. The normalized spacial score (nSPS) is 15.7. The number of sulfonamides is 1. The van der Waals surface area contributed by atoms with E-state index in [0.29, 0.717) is 0 Å². The van der Waals surface area contributed by atoms with E-state index < -0.39 is 10.0 Å². The molecule has 1 fully saturated rings. The minimum atomic E-state index is -3.62. The topological polar surface area (TPSA) is 63.4 Å². The van der Waals surface area contributed by atoms with Gasteiger partial charge in [0.05, 0.1) is 4.90 Å². The van der Waals surface area contributed by atoms with E-state index in [1.165, 1.54) is 12.8 Å². The van der Waals surface area contributed by atoms with Gasteiger partial charge in [-0.3, -0.25) is 0 Å². The van der Waals surface area contributed by atoms with Crippen molar-refractivity contribution in [1.29, 1.82) is 0 Å². The lowest BCUT2D eigenvalue weighted by atomic mass is 10.1. The van der Waals surface area contributed by atoms with Gasteiger partial charge in [0.25, 0.3) is 0 Å². The molecule has 1 aromatic rings.